The molecule has 0 aliphatic carbocycles. The van der Waals surface area contributed by atoms with Gasteiger partial charge in [-0.25, -0.2) is 12.8 Å². The number of sulfonamides is 1. The van der Waals surface area contributed by atoms with Gasteiger partial charge in [-0.05, 0) is 67.8 Å². The minimum absolute atomic E-state index is 0.0828. The second kappa shape index (κ2) is 9.32. The normalized spacial score (nSPS) is 11.2. The minimum Gasteiger partial charge on any atom is -0.324 e. The van der Waals surface area contributed by atoms with Crippen LogP contribution in [0, 0.1) is 12.7 Å². The van der Waals surface area contributed by atoms with Crippen LogP contribution in [0.25, 0.3) is 0 Å². The lowest BCUT2D eigenvalue weighted by atomic mass is 10.2. The maximum Gasteiger partial charge on any atom is 0.264 e. The molecule has 0 atom stereocenters. The van der Waals surface area contributed by atoms with Gasteiger partial charge < -0.3 is 5.32 Å². The molecule has 0 saturated carbocycles. The number of rotatable bonds is 7. The smallest absolute Gasteiger partial charge is 0.264 e. The van der Waals surface area contributed by atoms with Crippen LogP contribution in [0.5, 0.6) is 0 Å². The number of anilines is 2. The quantitative estimate of drug-likeness (QED) is 0.537. The van der Waals surface area contributed by atoms with Crippen molar-refractivity contribution in [3.8, 4) is 0 Å². The molecular weight excluding hydrogens is 423 g/mol. The summed E-state index contributed by atoms with van der Waals surface area (Å²) in [6, 6.07) is 18.8. The highest BCUT2D eigenvalue weighted by molar-refractivity contribution is 7.98. The molecule has 0 aromatic heterocycles. The number of thioether (sulfide) groups is 1. The van der Waals surface area contributed by atoms with Gasteiger partial charge >= 0.3 is 0 Å². The summed E-state index contributed by atoms with van der Waals surface area (Å²) < 4.78 is 41.1. The van der Waals surface area contributed by atoms with E-state index in [1.165, 1.54) is 48.2 Å². The van der Waals surface area contributed by atoms with E-state index in [0.29, 0.717) is 5.69 Å². The van der Waals surface area contributed by atoms with Gasteiger partial charge in [0, 0.05) is 10.6 Å². The Hall–Kier alpha value is -2.84. The molecule has 0 unspecified atom stereocenters. The number of benzene rings is 3. The molecule has 3 rings (SSSR count). The number of hydrogen-bond acceptors (Lipinski definition) is 4. The van der Waals surface area contributed by atoms with Crippen molar-refractivity contribution < 1.29 is 17.6 Å². The summed E-state index contributed by atoms with van der Waals surface area (Å²) in [6.45, 7) is 1.44. The van der Waals surface area contributed by atoms with E-state index >= 15 is 0 Å². The lowest BCUT2D eigenvalue weighted by Crippen LogP contribution is -2.38. The summed E-state index contributed by atoms with van der Waals surface area (Å²) in [5, 5.41) is 2.55. The molecular formula is C22H21FN2O3S2. The molecule has 0 fully saturated rings. The fourth-order valence-corrected chi connectivity index (χ4v) is 4.63. The highest BCUT2D eigenvalue weighted by Crippen LogP contribution is 2.26. The van der Waals surface area contributed by atoms with Gasteiger partial charge in [0.25, 0.3) is 10.0 Å². The molecule has 3 aromatic rings. The van der Waals surface area contributed by atoms with Crippen molar-refractivity contribution in [3.63, 3.8) is 0 Å². The highest BCUT2D eigenvalue weighted by atomic mass is 32.2. The number of carbonyl (C=O) groups excluding carboxylic acids is 1. The fraction of sp³-hybridized carbons (Fsp3) is 0.136. The molecule has 0 heterocycles. The van der Waals surface area contributed by atoms with E-state index in [2.05, 4.69) is 5.32 Å². The Morgan fingerprint density at radius 3 is 2.30 bits per heavy atom. The van der Waals surface area contributed by atoms with Crippen LogP contribution in [0.4, 0.5) is 15.8 Å². The van der Waals surface area contributed by atoms with Gasteiger partial charge in [0.15, 0.2) is 0 Å². The Morgan fingerprint density at radius 2 is 1.70 bits per heavy atom. The summed E-state index contributed by atoms with van der Waals surface area (Å²) >= 11 is 1.50. The molecule has 0 aliphatic heterocycles. The number of nitrogens with zero attached hydrogens (tertiary/aromatic N) is 1. The second-order valence-corrected chi connectivity index (χ2v) is 9.32. The lowest BCUT2D eigenvalue weighted by Gasteiger charge is -2.24. The van der Waals surface area contributed by atoms with Crippen molar-refractivity contribution in [2.24, 2.45) is 0 Å². The first-order chi connectivity index (χ1) is 14.3. The van der Waals surface area contributed by atoms with Crippen LogP contribution < -0.4 is 9.62 Å². The Balaban J connectivity index is 1.93. The molecule has 0 saturated heterocycles. The van der Waals surface area contributed by atoms with Gasteiger partial charge in [-0.3, -0.25) is 9.10 Å². The Bertz CT molecular complexity index is 1130. The molecule has 8 heteroatoms. The number of aryl methyl sites for hydroxylation is 1. The lowest BCUT2D eigenvalue weighted by molar-refractivity contribution is -0.114. The first-order valence-electron chi connectivity index (χ1n) is 9.08. The van der Waals surface area contributed by atoms with Crippen LogP contribution in [0.1, 0.15) is 5.56 Å². The number of halogens is 1. The number of hydrogen-bond donors (Lipinski definition) is 1. The molecule has 0 spiro atoms. The van der Waals surface area contributed by atoms with E-state index < -0.39 is 28.3 Å². The zero-order valence-electron chi connectivity index (χ0n) is 16.5. The van der Waals surface area contributed by atoms with Crippen LogP contribution in [-0.2, 0) is 14.8 Å². The summed E-state index contributed by atoms with van der Waals surface area (Å²) in [4.78, 5) is 13.6. The first kappa shape index (κ1) is 21.9. The van der Waals surface area contributed by atoms with Gasteiger partial charge in [0.2, 0.25) is 5.91 Å². The zero-order chi connectivity index (χ0) is 21.7. The number of nitrogens with one attached hydrogen (secondary N) is 1. The standard InChI is InChI=1S/C22H21FN2O3S2/c1-16-6-8-19(9-7-16)25(15-22(26)24-18-5-3-4-17(23)14-18)30(27,28)21-12-10-20(29-2)11-13-21/h3-14H,15H2,1-2H3,(H,24,26). The van der Waals surface area contributed by atoms with Crippen LogP contribution in [0.15, 0.2) is 82.6 Å². The largest absolute Gasteiger partial charge is 0.324 e. The molecule has 0 aliphatic rings. The topological polar surface area (TPSA) is 66.5 Å². The molecule has 30 heavy (non-hydrogen) atoms. The third-order valence-corrected chi connectivity index (χ3v) is 6.90. The summed E-state index contributed by atoms with van der Waals surface area (Å²) in [7, 11) is -4.00. The molecule has 1 N–H and O–H groups in total. The van der Waals surface area contributed by atoms with E-state index in [0.717, 1.165) is 14.8 Å². The maximum absolute atomic E-state index is 13.4. The van der Waals surface area contributed by atoms with Gasteiger partial charge in [-0.1, -0.05) is 23.8 Å². The molecule has 0 radical (unpaired) electrons. The third kappa shape index (κ3) is 5.20. The van der Waals surface area contributed by atoms with Crippen molar-refractivity contribution in [1.29, 1.82) is 0 Å². The summed E-state index contributed by atoms with van der Waals surface area (Å²) in [5.41, 5.74) is 1.58. The van der Waals surface area contributed by atoms with Crippen LogP contribution in [0.2, 0.25) is 0 Å². The van der Waals surface area contributed by atoms with Crippen molar-refractivity contribution in [2.45, 2.75) is 16.7 Å². The highest BCUT2D eigenvalue weighted by Gasteiger charge is 2.27. The van der Waals surface area contributed by atoms with Crippen molar-refractivity contribution in [1.82, 2.24) is 0 Å². The van der Waals surface area contributed by atoms with Crippen molar-refractivity contribution in [3.05, 3.63) is 84.2 Å². The Kier molecular flexibility index (Phi) is 6.79. The molecule has 0 bridgehead atoms. The Morgan fingerprint density at radius 1 is 1.03 bits per heavy atom. The predicted molar refractivity (Wildman–Crippen MR) is 119 cm³/mol. The average Bonchev–Trinajstić information content (AvgIpc) is 2.73. The van der Waals surface area contributed by atoms with E-state index in [1.807, 2.05) is 13.2 Å². The predicted octanol–water partition coefficient (Wildman–Crippen LogP) is 4.69. The zero-order valence-corrected chi connectivity index (χ0v) is 18.1. The molecule has 156 valence electrons. The van der Waals surface area contributed by atoms with Gasteiger partial charge in [0.05, 0.1) is 10.6 Å². The van der Waals surface area contributed by atoms with E-state index in [9.17, 15) is 17.6 Å². The van der Waals surface area contributed by atoms with Gasteiger partial charge in [0.1, 0.15) is 12.4 Å². The van der Waals surface area contributed by atoms with Crippen molar-refractivity contribution in [2.75, 3.05) is 22.4 Å². The second-order valence-electron chi connectivity index (χ2n) is 6.58. The van der Waals surface area contributed by atoms with E-state index in [1.54, 1.807) is 36.4 Å². The van der Waals surface area contributed by atoms with Crippen LogP contribution >= 0.6 is 11.8 Å². The first-order valence-corrected chi connectivity index (χ1v) is 11.7. The van der Waals surface area contributed by atoms with E-state index in [4.69, 9.17) is 0 Å². The summed E-state index contributed by atoms with van der Waals surface area (Å²) in [5.74, 6) is -1.07. The number of carbonyl (C=O) groups is 1. The van der Waals surface area contributed by atoms with Crippen LogP contribution in [-0.4, -0.2) is 27.1 Å². The molecule has 3 aromatic carbocycles. The SMILES string of the molecule is CSc1ccc(S(=O)(=O)N(CC(=O)Nc2cccc(F)c2)c2ccc(C)cc2)cc1. The third-order valence-electron chi connectivity index (χ3n) is 4.36. The molecule has 1 amide bonds. The monoisotopic (exact) mass is 444 g/mol. The van der Waals surface area contributed by atoms with Gasteiger partial charge in [-0.2, -0.15) is 0 Å². The Labute approximate surface area is 180 Å². The average molecular weight is 445 g/mol. The van der Waals surface area contributed by atoms with Crippen molar-refractivity contribution >= 4 is 39.1 Å². The number of amides is 1. The fourth-order valence-electron chi connectivity index (χ4n) is 2.80. The molecule has 5 nitrogen and oxygen atoms in total. The van der Waals surface area contributed by atoms with E-state index in [-0.39, 0.29) is 10.6 Å². The summed E-state index contributed by atoms with van der Waals surface area (Å²) in [6.07, 6.45) is 1.90. The van der Waals surface area contributed by atoms with Crippen LogP contribution in [0.3, 0.4) is 0 Å². The maximum atomic E-state index is 13.4. The minimum atomic E-state index is -4.00. The van der Waals surface area contributed by atoms with Gasteiger partial charge in [-0.15, -0.1) is 11.8 Å².